The first-order valence-electron chi connectivity index (χ1n) is 9.73. The van der Waals surface area contributed by atoms with Crippen molar-refractivity contribution in [2.75, 3.05) is 11.1 Å². The number of carbonyl (C=O) groups is 1. The average Bonchev–Trinajstić information content (AvgIpc) is 2.82. The Morgan fingerprint density at radius 1 is 0.806 bits per heavy atom. The van der Waals surface area contributed by atoms with Gasteiger partial charge in [0, 0.05) is 32.6 Å². The van der Waals surface area contributed by atoms with Crippen LogP contribution in [0.15, 0.2) is 90.1 Å². The number of benzene rings is 3. The van der Waals surface area contributed by atoms with E-state index in [0.717, 1.165) is 31.8 Å². The van der Waals surface area contributed by atoms with Gasteiger partial charge in [0.1, 0.15) is 11.4 Å². The first-order valence-corrected chi connectivity index (χ1v) is 11.8. The molecule has 0 bridgehead atoms. The molecule has 0 atom stereocenters. The number of nitrogens with zero attached hydrogens (tertiary/aromatic N) is 3. The van der Waals surface area contributed by atoms with Crippen molar-refractivity contribution in [3.05, 3.63) is 88.5 Å². The third-order valence-electron chi connectivity index (χ3n) is 4.45. The van der Waals surface area contributed by atoms with Crippen LogP contribution in [0, 0.1) is 3.57 Å². The summed E-state index contributed by atoms with van der Waals surface area (Å²) in [5.74, 6) is 0.530. The van der Waals surface area contributed by atoms with Crippen molar-refractivity contribution in [2.45, 2.75) is 11.6 Å². The fraction of sp³-hybridized carbons (Fsp3) is 0.0833. The minimum atomic E-state index is -0.0362. The van der Waals surface area contributed by atoms with Crippen molar-refractivity contribution >= 4 is 45.9 Å². The van der Waals surface area contributed by atoms with E-state index in [1.165, 1.54) is 11.8 Å². The van der Waals surface area contributed by atoms with E-state index in [-0.39, 0.29) is 5.91 Å². The largest absolute Gasteiger partial charge is 0.326 e. The molecule has 0 spiro atoms. The number of amides is 1. The summed E-state index contributed by atoms with van der Waals surface area (Å²) < 4.78 is 1.13. The van der Waals surface area contributed by atoms with Crippen LogP contribution in [0.25, 0.3) is 22.5 Å². The maximum atomic E-state index is 12.2. The van der Waals surface area contributed by atoms with E-state index >= 15 is 0 Å². The number of carbonyl (C=O) groups excluding carboxylic acids is 1. The zero-order valence-electron chi connectivity index (χ0n) is 16.5. The van der Waals surface area contributed by atoms with Gasteiger partial charge in [-0.2, -0.15) is 0 Å². The molecule has 0 unspecified atom stereocenters. The van der Waals surface area contributed by atoms with Crippen LogP contribution in [-0.4, -0.2) is 26.8 Å². The molecule has 4 aromatic rings. The molecule has 0 saturated carbocycles. The number of halogens is 1. The van der Waals surface area contributed by atoms with E-state index in [4.69, 9.17) is 4.98 Å². The van der Waals surface area contributed by atoms with E-state index < -0.39 is 0 Å². The van der Waals surface area contributed by atoms with Gasteiger partial charge < -0.3 is 5.32 Å². The molecule has 0 aliphatic rings. The van der Waals surface area contributed by atoms with Crippen LogP contribution >= 0.6 is 34.4 Å². The number of anilines is 1. The van der Waals surface area contributed by atoms with E-state index in [1.54, 1.807) is 0 Å². The molecular weight excluding hydrogens is 519 g/mol. The Labute approximate surface area is 198 Å². The Morgan fingerprint density at radius 3 is 2.06 bits per heavy atom. The minimum Gasteiger partial charge on any atom is -0.326 e. The highest BCUT2D eigenvalue weighted by Crippen LogP contribution is 2.29. The van der Waals surface area contributed by atoms with Gasteiger partial charge in [-0.15, -0.1) is 10.2 Å². The van der Waals surface area contributed by atoms with Gasteiger partial charge in [-0.3, -0.25) is 4.79 Å². The minimum absolute atomic E-state index is 0.0362. The standard InChI is InChI=1S/C24H19IN4OS/c25-19-11-13-20(14-12-19)26-21(30)15-16-31-24-27-22(17-7-3-1-4-8-17)23(28-29-24)18-9-5-2-6-10-18/h1-14H,15-16H2,(H,26,30). The maximum Gasteiger partial charge on any atom is 0.225 e. The van der Waals surface area contributed by atoms with Gasteiger partial charge in [0.2, 0.25) is 11.1 Å². The molecule has 1 amide bonds. The SMILES string of the molecule is O=C(CCSc1nnc(-c2ccccc2)c(-c2ccccc2)n1)Nc1ccc(I)cc1. The highest BCUT2D eigenvalue weighted by molar-refractivity contribution is 14.1. The van der Waals surface area contributed by atoms with Crippen LogP contribution in [0.5, 0.6) is 0 Å². The molecule has 31 heavy (non-hydrogen) atoms. The molecule has 154 valence electrons. The first kappa shape index (κ1) is 21.5. The summed E-state index contributed by atoms with van der Waals surface area (Å²) in [4.78, 5) is 17.0. The van der Waals surface area contributed by atoms with Gasteiger partial charge in [0.25, 0.3) is 0 Å². The Kier molecular flexibility index (Phi) is 7.26. The van der Waals surface area contributed by atoms with E-state index in [9.17, 15) is 4.79 Å². The monoisotopic (exact) mass is 538 g/mol. The quantitative estimate of drug-likeness (QED) is 0.233. The molecule has 1 heterocycles. The van der Waals surface area contributed by atoms with E-state index in [1.807, 2.05) is 84.9 Å². The second-order valence-electron chi connectivity index (χ2n) is 6.68. The van der Waals surface area contributed by atoms with Gasteiger partial charge in [0.15, 0.2) is 0 Å². The highest BCUT2D eigenvalue weighted by atomic mass is 127. The van der Waals surface area contributed by atoms with Gasteiger partial charge in [0.05, 0.1) is 0 Å². The van der Waals surface area contributed by atoms with E-state index in [0.29, 0.717) is 17.3 Å². The Balaban J connectivity index is 1.46. The molecule has 4 rings (SSSR count). The zero-order valence-corrected chi connectivity index (χ0v) is 19.5. The fourth-order valence-corrected chi connectivity index (χ4v) is 4.04. The van der Waals surface area contributed by atoms with Gasteiger partial charge in [-0.25, -0.2) is 4.98 Å². The molecule has 1 N–H and O–H groups in total. The Hall–Kier alpha value is -2.78. The van der Waals surface area contributed by atoms with Crippen molar-refractivity contribution in [2.24, 2.45) is 0 Å². The lowest BCUT2D eigenvalue weighted by Crippen LogP contribution is -2.12. The summed E-state index contributed by atoms with van der Waals surface area (Å²) in [6, 6.07) is 27.6. The van der Waals surface area contributed by atoms with Crippen LogP contribution in [0.4, 0.5) is 5.69 Å². The summed E-state index contributed by atoms with van der Waals surface area (Å²) in [5, 5.41) is 12.2. The van der Waals surface area contributed by atoms with Crippen LogP contribution < -0.4 is 5.32 Å². The smallest absolute Gasteiger partial charge is 0.225 e. The molecular formula is C24H19IN4OS. The second kappa shape index (κ2) is 10.5. The predicted octanol–water partition coefficient (Wildman–Crippen LogP) is 5.93. The molecule has 0 aliphatic carbocycles. The summed E-state index contributed by atoms with van der Waals surface area (Å²) >= 11 is 3.66. The highest BCUT2D eigenvalue weighted by Gasteiger charge is 2.14. The van der Waals surface area contributed by atoms with Crippen molar-refractivity contribution < 1.29 is 4.79 Å². The lowest BCUT2D eigenvalue weighted by Gasteiger charge is -2.09. The molecule has 0 fully saturated rings. The third kappa shape index (κ3) is 5.89. The second-order valence-corrected chi connectivity index (χ2v) is 8.98. The molecule has 7 heteroatoms. The topological polar surface area (TPSA) is 67.8 Å². The number of aromatic nitrogens is 3. The van der Waals surface area contributed by atoms with Gasteiger partial charge in [-0.05, 0) is 46.9 Å². The average molecular weight is 538 g/mol. The first-order chi connectivity index (χ1) is 15.2. The molecule has 0 aliphatic heterocycles. The zero-order chi connectivity index (χ0) is 21.5. The van der Waals surface area contributed by atoms with E-state index in [2.05, 4.69) is 38.1 Å². The van der Waals surface area contributed by atoms with Crippen molar-refractivity contribution in [1.29, 1.82) is 0 Å². The van der Waals surface area contributed by atoms with Crippen LogP contribution in [0.3, 0.4) is 0 Å². The molecule has 0 radical (unpaired) electrons. The normalized spacial score (nSPS) is 10.6. The molecule has 1 aromatic heterocycles. The number of rotatable bonds is 7. The number of hydrogen-bond acceptors (Lipinski definition) is 5. The molecule has 3 aromatic carbocycles. The predicted molar refractivity (Wildman–Crippen MR) is 134 cm³/mol. The van der Waals surface area contributed by atoms with Gasteiger partial charge in [-0.1, -0.05) is 72.4 Å². The Morgan fingerprint density at radius 2 is 1.42 bits per heavy atom. The fourth-order valence-electron chi connectivity index (χ4n) is 2.95. The summed E-state index contributed by atoms with van der Waals surface area (Å²) in [6.45, 7) is 0. The van der Waals surface area contributed by atoms with Crippen molar-refractivity contribution in [3.8, 4) is 22.5 Å². The lowest BCUT2D eigenvalue weighted by molar-refractivity contribution is -0.115. The van der Waals surface area contributed by atoms with Gasteiger partial charge >= 0.3 is 0 Å². The third-order valence-corrected chi connectivity index (χ3v) is 6.01. The number of hydrogen-bond donors (Lipinski definition) is 1. The molecule has 5 nitrogen and oxygen atoms in total. The van der Waals surface area contributed by atoms with Crippen molar-refractivity contribution in [1.82, 2.24) is 15.2 Å². The van der Waals surface area contributed by atoms with Crippen LogP contribution in [0.2, 0.25) is 0 Å². The Bertz CT molecular complexity index is 1160. The summed E-state index contributed by atoms with van der Waals surface area (Å²) in [5.41, 5.74) is 4.27. The summed E-state index contributed by atoms with van der Waals surface area (Å²) in [6.07, 6.45) is 0.362. The number of thioether (sulfide) groups is 1. The lowest BCUT2D eigenvalue weighted by atomic mass is 10.0. The summed E-state index contributed by atoms with van der Waals surface area (Å²) in [7, 11) is 0. The maximum absolute atomic E-state index is 12.2. The number of nitrogens with one attached hydrogen (secondary N) is 1. The van der Waals surface area contributed by atoms with Crippen LogP contribution in [0.1, 0.15) is 6.42 Å². The molecule has 0 saturated heterocycles. The van der Waals surface area contributed by atoms with Crippen LogP contribution in [-0.2, 0) is 4.79 Å². The van der Waals surface area contributed by atoms with Crippen molar-refractivity contribution in [3.63, 3.8) is 0 Å².